The second-order valence-corrected chi connectivity index (χ2v) is 9.17. The molecule has 6 nitrogen and oxygen atoms in total. The Morgan fingerprint density at radius 1 is 0.943 bits per heavy atom. The SMILES string of the molecule is CC(C)C[C@H](CC(=O)NCc1ccccc1)c1c(O)cc(O)c2c(=O)cc(-c3ccccc3)oc12. The number of nitrogens with one attached hydrogen (secondary N) is 1. The van der Waals surface area contributed by atoms with Gasteiger partial charge in [0.15, 0.2) is 5.43 Å². The summed E-state index contributed by atoms with van der Waals surface area (Å²) < 4.78 is 6.14. The van der Waals surface area contributed by atoms with Gasteiger partial charge in [0, 0.05) is 42.1 Å². The van der Waals surface area contributed by atoms with Gasteiger partial charge in [0.1, 0.15) is 28.2 Å². The highest BCUT2D eigenvalue weighted by Gasteiger charge is 2.27. The molecule has 0 spiro atoms. The number of amides is 1. The average molecular weight is 472 g/mol. The van der Waals surface area contributed by atoms with Gasteiger partial charge in [0.25, 0.3) is 0 Å². The normalized spacial score (nSPS) is 12.1. The standard InChI is InChI=1S/C29H29NO5/c1-18(2)13-21(14-26(34)30-17-19-9-5-3-6-10-19)27-22(31)15-23(32)28-24(33)16-25(35-29(27)28)20-11-7-4-8-12-20/h3-12,15-16,18,21,31-32H,13-14,17H2,1-2H3,(H,30,34)/t21-/m1/s1. The molecule has 0 unspecified atom stereocenters. The molecule has 6 heteroatoms. The third-order valence-electron chi connectivity index (χ3n) is 5.98. The van der Waals surface area contributed by atoms with E-state index < -0.39 is 11.3 Å². The highest BCUT2D eigenvalue weighted by molar-refractivity contribution is 5.90. The number of benzene rings is 3. The van der Waals surface area contributed by atoms with E-state index in [0.29, 0.717) is 29.9 Å². The Morgan fingerprint density at radius 2 is 1.60 bits per heavy atom. The van der Waals surface area contributed by atoms with E-state index in [2.05, 4.69) is 5.32 Å². The van der Waals surface area contributed by atoms with Gasteiger partial charge in [-0.2, -0.15) is 0 Å². The van der Waals surface area contributed by atoms with Crippen LogP contribution in [0.1, 0.15) is 43.7 Å². The molecule has 0 aliphatic carbocycles. The van der Waals surface area contributed by atoms with Gasteiger partial charge in [0.2, 0.25) is 5.91 Å². The smallest absolute Gasteiger partial charge is 0.220 e. The van der Waals surface area contributed by atoms with Crippen LogP contribution in [0.2, 0.25) is 0 Å². The topological polar surface area (TPSA) is 99.8 Å². The number of phenols is 2. The zero-order valence-electron chi connectivity index (χ0n) is 19.8. The lowest BCUT2D eigenvalue weighted by Crippen LogP contribution is -2.25. The Balaban J connectivity index is 1.76. The predicted octanol–water partition coefficient (Wildman–Crippen LogP) is 5.71. The second kappa shape index (κ2) is 10.5. The average Bonchev–Trinajstić information content (AvgIpc) is 2.83. The van der Waals surface area contributed by atoms with Crippen LogP contribution in [-0.2, 0) is 11.3 Å². The highest BCUT2D eigenvalue weighted by Crippen LogP contribution is 2.42. The molecule has 0 aliphatic heterocycles. The fraction of sp³-hybridized carbons (Fsp3) is 0.241. The van der Waals surface area contributed by atoms with Crippen LogP contribution in [-0.4, -0.2) is 16.1 Å². The summed E-state index contributed by atoms with van der Waals surface area (Å²) >= 11 is 0. The minimum Gasteiger partial charge on any atom is -0.507 e. The predicted molar refractivity (Wildman–Crippen MR) is 136 cm³/mol. The number of hydrogen-bond acceptors (Lipinski definition) is 5. The lowest BCUT2D eigenvalue weighted by molar-refractivity contribution is -0.121. The van der Waals surface area contributed by atoms with Crippen molar-refractivity contribution in [2.75, 3.05) is 0 Å². The molecule has 1 aromatic heterocycles. The first-order valence-electron chi connectivity index (χ1n) is 11.7. The van der Waals surface area contributed by atoms with Crippen molar-refractivity contribution in [3.05, 3.63) is 94.1 Å². The van der Waals surface area contributed by atoms with E-state index in [9.17, 15) is 19.8 Å². The Morgan fingerprint density at radius 3 is 2.26 bits per heavy atom. The van der Waals surface area contributed by atoms with Crippen molar-refractivity contribution in [3.8, 4) is 22.8 Å². The first-order valence-corrected chi connectivity index (χ1v) is 11.7. The molecule has 0 bridgehead atoms. The van der Waals surface area contributed by atoms with Crippen molar-refractivity contribution >= 4 is 16.9 Å². The maximum absolute atomic E-state index is 13.0. The number of carbonyl (C=O) groups is 1. The molecule has 3 N–H and O–H groups in total. The first kappa shape index (κ1) is 24.1. The molecule has 1 amide bonds. The van der Waals surface area contributed by atoms with Crippen LogP contribution in [0.15, 0.2) is 82.0 Å². The molecule has 4 aromatic rings. The summed E-state index contributed by atoms with van der Waals surface area (Å²) in [6, 6.07) is 21.3. The summed E-state index contributed by atoms with van der Waals surface area (Å²) in [4.78, 5) is 25.9. The molecule has 180 valence electrons. The summed E-state index contributed by atoms with van der Waals surface area (Å²) in [5.74, 6) is -0.638. The molecular weight excluding hydrogens is 442 g/mol. The molecule has 4 rings (SSSR count). The van der Waals surface area contributed by atoms with E-state index in [-0.39, 0.29) is 40.7 Å². The van der Waals surface area contributed by atoms with E-state index in [4.69, 9.17) is 4.42 Å². The van der Waals surface area contributed by atoms with Gasteiger partial charge < -0.3 is 19.9 Å². The zero-order chi connectivity index (χ0) is 24.9. The summed E-state index contributed by atoms with van der Waals surface area (Å²) in [7, 11) is 0. The molecule has 35 heavy (non-hydrogen) atoms. The van der Waals surface area contributed by atoms with E-state index in [1.54, 1.807) is 0 Å². The molecule has 0 radical (unpaired) electrons. The van der Waals surface area contributed by atoms with Crippen molar-refractivity contribution in [2.24, 2.45) is 5.92 Å². The lowest BCUT2D eigenvalue weighted by atomic mass is 9.85. The van der Waals surface area contributed by atoms with Crippen LogP contribution >= 0.6 is 0 Å². The van der Waals surface area contributed by atoms with Gasteiger partial charge in [-0.1, -0.05) is 74.5 Å². The quantitative estimate of drug-likeness (QED) is 0.306. The van der Waals surface area contributed by atoms with Crippen molar-refractivity contribution in [1.29, 1.82) is 0 Å². The fourth-order valence-corrected chi connectivity index (χ4v) is 4.43. The minimum atomic E-state index is -0.428. The molecule has 1 heterocycles. The summed E-state index contributed by atoms with van der Waals surface area (Å²) in [5, 5.41) is 24.3. The third kappa shape index (κ3) is 5.54. The summed E-state index contributed by atoms with van der Waals surface area (Å²) in [5.41, 5.74) is 1.73. The highest BCUT2D eigenvalue weighted by atomic mass is 16.3. The van der Waals surface area contributed by atoms with E-state index >= 15 is 0 Å². The zero-order valence-corrected chi connectivity index (χ0v) is 19.8. The van der Waals surface area contributed by atoms with Gasteiger partial charge in [-0.05, 0) is 17.9 Å². The number of hydrogen-bond donors (Lipinski definition) is 3. The van der Waals surface area contributed by atoms with Crippen molar-refractivity contribution in [3.63, 3.8) is 0 Å². The summed E-state index contributed by atoms with van der Waals surface area (Å²) in [6.45, 7) is 4.45. The van der Waals surface area contributed by atoms with Crippen LogP contribution in [0.3, 0.4) is 0 Å². The van der Waals surface area contributed by atoms with Crippen LogP contribution in [0.5, 0.6) is 11.5 Å². The van der Waals surface area contributed by atoms with Gasteiger partial charge in [-0.15, -0.1) is 0 Å². The minimum absolute atomic E-state index is 0.00377. The van der Waals surface area contributed by atoms with E-state index in [1.165, 1.54) is 6.07 Å². The molecule has 0 saturated carbocycles. The van der Waals surface area contributed by atoms with Crippen molar-refractivity contribution in [1.82, 2.24) is 5.32 Å². The van der Waals surface area contributed by atoms with Gasteiger partial charge >= 0.3 is 0 Å². The van der Waals surface area contributed by atoms with E-state index in [0.717, 1.165) is 11.6 Å². The monoisotopic (exact) mass is 471 g/mol. The summed E-state index contributed by atoms with van der Waals surface area (Å²) in [6.07, 6.45) is 0.670. The van der Waals surface area contributed by atoms with Gasteiger partial charge in [0.05, 0.1) is 0 Å². The fourth-order valence-electron chi connectivity index (χ4n) is 4.43. The molecule has 0 fully saturated rings. The Bertz CT molecular complexity index is 1380. The number of carbonyl (C=O) groups excluding carboxylic acids is 1. The second-order valence-electron chi connectivity index (χ2n) is 9.17. The maximum Gasteiger partial charge on any atom is 0.220 e. The molecule has 0 aliphatic rings. The number of rotatable bonds is 8. The Labute approximate surface area is 203 Å². The molecule has 0 saturated heterocycles. The van der Waals surface area contributed by atoms with Crippen molar-refractivity contribution < 1.29 is 19.4 Å². The number of phenolic OH excluding ortho intramolecular Hbond substituents is 2. The molecule has 3 aromatic carbocycles. The van der Waals surface area contributed by atoms with Crippen LogP contribution in [0.4, 0.5) is 0 Å². The van der Waals surface area contributed by atoms with Crippen LogP contribution < -0.4 is 10.7 Å². The Hall–Kier alpha value is -4.06. The molecular formula is C29H29NO5. The number of aromatic hydroxyl groups is 2. The first-order chi connectivity index (χ1) is 16.8. The van der Waals surface area contributed by atoms with Crippen LogP contribution in [0, 0.1) is 5.92 Å². The van der Waals surface area contributed by atoms with Crippen LogP contribution in [0.25, 0.3) is 22.3 Å². The van der Waals surface area contributed by atoms with Gasteiger partial charge in [-0.3, -0.25) is 9.59 Å². The van der Waals surface area contributed by atoms with Crippen molar-refractivity contribution in [2.45, 2.75) is 39.2 Å². The largest absolute Gasteiger partial charge is 0.507 e. The lowest BCUT2D eigenvalue weighted by Gasteiger charge is -2.22. The Kier molecular flexibility index (Phi) is 7.20. The number of fused-ring (bicyclic) bond motifs is 1. The third-order valence-corrected chi connectivity index (χ3v) is 5.98. The maximum atomic E-state index is 13.0. The van der Waals surface area contributed by atoms with Gasteiger partial charge in [-0.25, -0.2) is 0 Å². The van der Waals surface area contributed by atoms with E-state index in [1.807, 2.05) is 74.5 Å². The molecule has 1 atom stereocenters.